The van der Waals surface area contributed by atoms with E-state index in [0.717, 1.165) is 17.0 Å². The summed E-state index contributed by atoms with van der Waals surface area (Å²) in [5, 5.41) is 2.83. The number of methoxy groups -OCH3 is 1. The first-order chi connectivity index (χ1) is 9.17. The van der Waals surface area contributed by atoms with Crippen molar-refractivity contribution >= 4 is 17.3 Å². The molecule has 0 aliphatic heterocycles. The first kappa shape index (κ1) is 13.0. The lowest BCUT2D eigenvalue weighted by Gasteiger charge is -2.06. The van der Waals surface area contributed by atoms with Crippen LogP contribution in [0.5, 0.6) is 5.75 Å². The number of hydrogen-bond acceptors (Lipinski definition) is 3. The lowest BCUT2D eigenvalue weighted by atomic mass is 10.1. The van der Waals surface area contributed by atoms with Crippen molar-refractivity contribution in [1.29, 1.82) is 0 Å². The van der Waals surface area contributed by atoms with Crippen LogP contribution in [0.1, 0.15) is 5.56 Å². The molecule has 0 aromatic heterocycles. The average Bonchev–Trinajstić information content (AvgIpc) is 2.39. The summed E-state index contributed by atoms with van der Waals surface area (Å²) in [6.45, 7) is 0. The molecule has 0 saturated carbocycles. The van der Waals surface area contributed by atoms with Gasteiger partial charge in [-0.15, -0.1) is 0 Å². The van der Waals surface area contributed by atoms with Gasteiger partial charge < -0.3 is 15.8 Å². The zero-order valence-electron chi connectivity index (χ0n) is 10.7. The normalized spacial score (nSPS) is 9.95. The van der Waals surface area contributed by atoms with Crippen LogP contribution in [-0.4, -0.2) is 13.0 Å². The average molecular weight is 256 g/mol. The fourth-order valence-electron chi connectivity index (χ4n) is 1.77. The van der Waals surface area contributed by atoms with Crippen LogP contribution in [0.3, 0.4) is 0 Å². The molecule has 2 aromatic rings. The Kier molecular flexibility index (Phi) is 4.03. The maximum absolute atomic E-state index is 11.9. The van der Waals surface area contributed by atoms with Crippen LogP contribution >= 0.6 is 0 Å². The summed E-state index contributed by atoms with van der Waals surface area (Å²) < 4.78 is 5.06. The number of amides is 1. The second-order valence-corrected chi connectivity index (χ2v) is 4.20. The van der Waals surface area contributed by atoms with Crippen LogP contribution in [0.25, 0.3) is 0 Å². The zero-order valence-corrected chi connectivity index (χ0v) is 10.7. The lowest BCUT2D eigenvalue weighted by Crippen LogP contribution is -2.14. The highest BCUT2D eigenvalue weighted by atomic mass is 16.5. The number of nitrogens with one attached hydrogen (secondary N) is 1. The fraction of sp³-hybridized carbons (Fsp3) is 0.133. The van der Waals surface area contributed by atoms with Crippen molar-refractivity contribution in [2.45, 2.75) is 6.42 Å². The Morgan fingerprint density at radius 2 is 1.95 bits per heavy atom. The van der Waals surface area contributed by atoms with Crippen molar-refractivity contribution < 1.29 is 9.53 Å². The molecule has 2 aromatic carbocycles. The Morgan fingerprint density at radius 3 is 2.58 bits per heavy atom. The minimum Gasteiger partial charge on any atom is -0.497 e. The number of carbonyl (C=O) groups excluding carboxylic acids is 1. The smallest absolute Gasteiger partial charge is 0.228 e. The second kappa shape index (κ2) is 5.91. The van der Waals surface area contributed by atoms with Gasteiger partial charge in [0.2, 0.25) is 5.91 Å². The Bertz CT molecular complexity index is 565. The molecule has 2 rings (SSSR count). The Hall–Kier alpha value is -2.49. The molecular weight excluding hydrogens is 240 g/mol. The van der Waals surface area contributed by atoms with Crippen molar-refractivity contribution in [3.8, 4) is 5.75 Å². The minimum atomic E-state index is -0.0734. The molecule has 0 atom stereocenters. The predicted octanol–water partition coefficient (Wildman–Crippen LogP) is 2.46. The van der Waals surface area contributed by atoms with Gasteiger partial charge in [-0.25, -0.2) is 0 Å². The van der Waals surface area contributed by atoms with E-state index in [4.69, 9.17) is 10.5 Å². The predicted molar refractivity (Wildman–Crippen MR) is 76.2 cm³/mol. The lowest BCUT2D eigenvalue weighted by molar-refractivity contribution is -0.115. The molecule has 0 bridgehead atoms. The number of nitrogens with two attached hydrogens (primary N) is 1. The van der Waals surface area contributed by atoms with Gasteiger partial charge >= 0.3 is 0 Å². The first-order valence-corrected chi connectivity index (χ1v) is 5.96. The molecule has 0 fully saturated rings. The highest BCUT2D eigenvalue weighted by Gasteiger charge is 2.04. The molecule has 1 amide bonds. The highest BCUT2D eigenvalue weighted by molar-refractivity contribution is 5.92. The molecule has 3 N–H and O–H groups in total. The molecule has 0 spiro atoms. The van der Waals surface area contributed by atoms with Gasteiger partial charge in [-0.2, -0.15) is 0 Å². The van der Waals surface area contributed by atoms with Crippen LogP contribution in [0, 0.1) is 0 Å². The molecule has 98 valence electrons. The van der Waals surface area contributed by atoms with E-state index in [1.54, 1.807) is 43.5 Å². The van der Waals surface area contributed by atoms with E-state index < -0.39 is 0 Å². The number of anilines is 2. The highest BCUT2D eigenvalue weighted by Crippen LogP contribution is 2.15. The number of rotatable bonds is 4. The third-order valence-electron chi connectivity index (χ3n) is 2.69. The van der Waals surface area contributed by atoms with Crippen molar-refractivity contribution in [2.24, 2.45) is 0 Å². The fourth-order valence-corrected chi connectivity index (χ4v) is 1.77. The summed E-state index contributed by atoms with van der Waals surface area (Å²) in [5.41, 5.74) is 7.97. The van der Waals surface area contributed by atoms with Crippen molar-refractivity contribution in [1.82, 2.24) is 0 Å². The third-order valence-corrected chi connectivity index (χ3v) is 2.69. The first-order valence-electron chi connectivity index (χ1n) is 5.96. The van der Waals surface area contributed by atoms with Crippen LogP contribution < -0.4 is 15.8 Å². The standard InChI is InChI=1S/C15H16N2O2/c1-19-14-7-5-13(6-8-14)17-15(18)10-11-3-2-4-12(16)9-11/h2-9H,10,16H2,1H3,(H,17,18). The third kappa shape index (κ3) is 3.74. The maximum atomic E-state index is 11.9. The van der Waals surface area contributed by atoms with Crippen molar-refractivity contribution in [3.05, 3.63) is 54.1 Å². The molecule has 0 aliphatic rings. The van der Waals surface area contributed by atoms with Gasteiger partial charge in [0.25, 0.3) is 0 Å². The maximum Gasteiger partial charge on any atom is 0.228 e. The summed E-state index contributed by atoms with van der Waals surface area (Å²) in [7, 11) is 1.60. The monoisotopic (exact) mass is 256 g/mol. The van der Waals surface area contributed by atoms with Crippen molar-refractivity contribution in [2.75, 3.05) is 18.2 Å². The van der Waals surface area contributed by atoms with E-state index in [9.17, 15) is 4.79 Å². The summed E-state index contributed by atoms with van der Waals surface area (Å²) in [6, 6.07) is 14.5. The van der Waals surface area contributed by atoms with Gasteiger partial charge in [0.05, 0.1) is 13.5 Å². The van der Waals surface area contributed by atoms with E-state index in [1.807, 2.05) is 12.1 Å². The Morgan fingerprint density at radius 1 is 1.21 bits per heavy atom. The molecule has 0 radical (unpaired) electrons. The summed E-state index contributed by atoms with van der Waals surface area (Å²) in [4.78, 5) is 11.9. The summed E-state index contributed by atoms with van der Waals surface area (Å²) in [6.07, 6.45) is 0.303. The molecular formula is C15H16N2O2. The zero-order chi connectivity index (χ0) is 13.7. The molecule has 19 heavy (non-hydrogen) atoms. The van der Waals surface area contributed by atoms with Gasteiger partial charge in [-0.3, -0.25) is 4.79 Å². The molecule has 0 heterocycles. The van der Waals surface area contributed by atoms with E-state index in [1.165, 1.54) is 0 Å². The number of benzene rings is 2. The Labute approximate surface area is 112 Å². The van der Waals surface area contributed by atoms with Gasteiger partial charge in [0.15, 0.2) is 0 Å². The van der Waals surface area contributed by atoms with E-state index >= 15 is 0 Å². The molecule has 4 nitrogen and oxygen atoms in total. The van der Waals surface area contributed by atoms with Crippen LogP contribution in [0.4, 0.5) is 11.4 Å². The van der Waals surface area contributed by atoms with Crippen LogP contribution in [0.15, 0.2) is 48.5 Å². The molecule has 0 aliphatic carbocycles. The number of carbonyl (C=O) groups is 1. The quantitative estimate of drug-likeness (QED) is 0.826. The Balaban J connectivity index is 1.97. The van der Waals surface area contributed by atoms with E-state index in [2.05, 4.69) is 5.32 Å². The van der Waals surface area contributed by atoms with Crippen LogP contribution in [-0.2, 0) is 11.2 Å². The van der Waals surface area contributed by atoms with Gasteiger partial charge in [0.1, 0.15) is 5.75 Å². The number of nitrogen functional groups attached to an aromatic ring is 1. The van der Waals surface area contributed by atoms with Gasteiger partial charge in [-0.1, -0.05) is 12.1 Å². The summed E-state index contributed by atoms with van der Waals surface area (Å²) in [5.74, 6) is 0.685. The molecule has 4 heteroatoms. The summed E-state index contributed by atoms with van der Waals surface area (Å²) >= 11 is 0. The number of hydrogen-bond donors (Lipinski definition) is 2. The largest absolute Gasteiger partial charge is 0.497 e. The van der Waals surface area contributed by atoms with E-state index in [-0.39, 0.29) is 5.91 Å². The van der Waals surface area contributed by atoms with Gasteiger partial charge in [-0.05, 0) is 42.0 Å². The molecule has 0 unspecified atom stereocenters. The minimum absolute atomic E-state index is 0.0734. The van der Waals surface area contributed by atoms with E-state index in [0.29, 0.717) is 12.1 Å². The van der Waals surface area contributed by atoms with Crippen molar-refractivity contribution in [3.63, 3.8) is 0 Å². The topological polar surface area (TPSA) is 64.3 Å². The van der Waals surface area contributed by atoms with Gasteiger partial charge in [0, 0.05) is 11.4 Å². The SMILES string of the molecule is COc1ccc(NC(=O)Cc2cccc(N)c2)cc1. The van der Waals surface area contributed by atoms with Crippen LogP contribution in [0.2, 0.25) is 0 Å². The molecule has 0 saturated heterocycles. The number of ether oxygens (including phenoxy) is 1. The second-order valence-electron chi connectivity index (χ2n) is 4.20.